The lowest BCUT2D eigenvalue weighted by Crippen LogP contribution is -2.10. The molecule has 0 saturated carbocycles. The topological polar surface area (TPSA) is 26.3 Å². The van der Waals surface area contributed by atoms with Crippen molar-refractivity contribution in [1.29, 1.82) is 0 Å². The smallest absolute Gasteiger partial charge is 0.163 e. The van der Waals surface area contributed by atoms with E-state index in [1.54, 1.807) is 0 Å². The van der Waals surface area contributed by atoms with Gasteiger partial charge in [0.2, 0.25) is 0 Å². The van der Waals surface area contributed by atoms with Crippen molar-refractivity contribution in [2.45, 2.75) is 39.7 Å². The predicted molar refractivity (Wildman–Crippen MR) is 84.0 cm³/mol. The number of hydrogen-bond acceptors (Lipinski definition) is 2. The van der Waals surface area contributed by atoms with Crippen LogP contribution in [0.15, 0.2) is 36.4 Å². The fourth-order valence-electron chi connectivity index (χ4n) is 3.02. The normalized spacial score (nSPS) is 13.9. The largest absolute Gasteiger partial charge is 0.489 e. The zero-order valence-corrected chi connectivity index (χ0v) is 12.6. The summed E-state index contributed by atoms with van der Waals surface area (Å²) >= 11 is 0. The maximum atomic E-state index is 11.9. The summed E-state index contributed by atoms with van der Waals surface area (Å²) in [6, 6.07) is 12.3. The summed E-state index contributed by atoms with van der Waals surface area (Å²) in [5, 5.41) is 0. The van der Waals surface area contributed by atoms with Crippen molar-refractivity contribution in [2.24, 2.45) is 0 Å². The van der Waals surface area contributed by atoms with E-state index >= 15 is 0 Å². The molecule has 0 radical (unpaired) electrons. The molecule has 0 fully saturated rings. The second kappa shape index (κ2) is 5.72. The molecule has 2 nitrogen and oxygen atoms in total. The molecule has 0 aliphatic heterocycles. The van der Waals surface area contributed by atoms with E-state index in [1.165, 1.54) is 11.1 Å². The summed E-state index contributed by atoms with van der Waals surface area (Å²) in [5.41, 5.74) is 5.66. The van der Waals surface area contributed by atoms with E-state index in [2.05, 4.69) is 32.0 Å². The Morgan fingerprint density at radius 3 is 2.52 bits per heavy atom. The van der Waals surface area contributed by atoms with Crippen molar-refractivity contribution in [3.8, 4) is 5.75 Å². The molecule has 3 rings (SSSR count). The Morgan fingerprint density at radius 1 is 1.00 bits per heavy atom. The quantitative estimate of drug-likeness (QED) is 0.833. The van der Waals surface area contributed by atoms with Gasteiger partial charge in [-0.2, -0.15) is 0 Å². The van der Waals surface area contributed by atoms with Gasteiger partial charge in [0.1, 0.15) is 12.4 Å². The predicted octanol–water partition coefficient (Wildman–Crippen LogP) is 4.40. The highest BCUT2D eigenvalue weighted by atomic mass is 16.5. The molecule has 0 saturated heterocycles. The van der Waals surface area contributed by atoms with Crippen LogP contribution in [-0.4, -0.2) is 5.78 Å². The van der Waals surface area contributed by atoms with Crippen LogP contribution in [0, 0.1) is 13.8 Å². The highest BCUT2D eigenvalue weighted by molar-refractivity contribution is 5.98. The van der Waals surface area contributed by atoms with Crippen LogP contribution in [0.5, 0.6) is 5.75 Å². The Kier molecular flexibility index (Phi) is 3.78. The molecule has 1 aliphatic rings. The molecular weight excluding hydrogens is 260 g/mol. The van der Waals surface area contributed by atoms with E-state index < -0.39 is 0 Å². The summed E-state index contributed by atoms with van der Waals surface area (Å²) in [4.78, 5) is 11.9. The van der Waals surface area contributed by atoms with E-state index in [0.717, 1.165) is 35.3 Å². The minimum Gasteiger partial charge on any atom is -0.489 e. The van der Waals surface area contributed by atoms with Gasteiger partial charge in [-0.3, -0.25) is 4.79 Å². The van der Waals surface area contributed by atoms with E-state index in [4.69, 9.17) is 4.74 Å². The number of rotatable bonds is 3. The lowest BCUT2D eigenvalue weighted by molar-refractivity contribution is 0.0972. The Hall–Kier alpha value is -2.09. The third kappa shape index (κ3) is 3.15. The Labute approximate surface area is 125 Å². The molecule has 108 valence electrons. The molecular formula is C19H20O2. The van der Waals surface area contributed by atoms with Gasteiger partial charge in [0.15, 0.2) is 5.78 Å². The standard InChI is InChI=1S/C19H20O2/c1-13-8-14(2)10-15(9-13)12-21-17-7-6-16-4-3-5-19(20)18(16)11-17/h6-11H,3-5,12H2,1-2H3. The monoisotopic (exact) mass is 280 g/mol. The SMILES string of the molecule is Cc1cc(C)cc(COc2ccc3c(c2)C(=O)CCC3)c1. The molecule has 21 heavy (non-hydrogen) atoms. The van der Waals surface area contributed by atoms with Crippen molar-refractivity contribution in [3.05, 3.63) is 64.2 Å². The lowest BCUT2D eigenvalue weighted by atomic mass is 9.90. The molecule has 0 atom stereocenters. The van der Waals surface area contributed by atoms with E-state index in [0.29, 0.717) is 13.0 Å². The van der Waals surface area contributed by atoms with E-state index in [-0.39, 0.29) is 5.78 Å². The molecule has 0 bridgehead atoms. The van der Waals surface area contributed by atoms with Gasteiger partial charge < -0.3 is 4.74 Å². The van der Waals surface area contributed by atoms with Crippen molar-refractivity contribution < 1.29 is 9.53 Å². The molecule has 1 aliphatic carbocycles. The Balaban J connectivity index is 1.76. The first-order chi connectivity index (χ1) is 10.1. The fourth-order valence-corrected chi connectivity index (χ4v) is 3.02. The maximum Gasteiger partial charge on any atom is 0.163 e. The van der Waals surface area contributed by atoms with Crippen molar-refractivity contribution >= 4 is 5.78 Å². The molecule has 2 aromatic rings. The number of carbonyl (C=O) groups is 1. The number of ketones is 1. The summed E-state index contributed by atoms with van der Waals surface area (Å²) in [6.45, 7) is 4.72. The average molecular weight is 280 g/mol. The van der Waals surface area contributed by atoms with Gasteiger partial charge in [-0.15, -0.1) is 0 Å². The van der Waals surface area contributed by atoms with Gasteiger partial charge in [0, 0.05) is 12.0 Å². The summed E-state index contributed by atoms with van der Waals surface area (Å²) < 4.78 is 5.86. The van der Waals surface area contributed by atoms with Gasteiger partial charge >= 0.3 is 0 Å². The summed E-state index contributed by atoms with van der Waals surface area (Å²) in [7, 11) is 0. The number of carbonyl (C=O) groups excluding carboxylic acids is 1. The zero-order valence-electron chi connectivity index (χ0n) is 12.6. The first-order valence-corrected chi connectivity index (χ1v) is 7.48. The fraction of sp³-hybridized carbons (Fsp3) is 0.316. The Bertz CT molecular complexity index is 666. The van der Waals surface area contributed by atoms with Crippen molar-refractivity contribution in [3.63, 3.8) is 0 Å². The van der Waals surface area contributed by atoms with Crippen LogP contribution < -0.4 is 4.74 Å². The van der Waals surface area contributed by atoms with Gasteiger partial charge in [0.05, 0.1) is 0 Å². The molecule has 0 heterocycles. The van der Waals surface area contributed by atoms with Crippen LogP contribution in [-0.2, 0) is 13.0 Å². The minimum absolute atomic E-state index is 0.244. The third-order valence-corrected chi connectivity index (χ3v) is 3.92. The Morgan fingerprint density at radius 2 is 1.76 bits per heavy atom. The highest BCUT2D eigenvalue weighted by Crippen LogP contribution is 2.26. The van der Waals surface area contributed by atoms with Crippen LogP contribution in [0.2, 0.25) is 0 Å². The van der Waals surface area contributed by atoms with E-state index in [1.807, 2.05) is 18.2 Å². The van der Waals surface area contributed by atoms with E-state index in [9.17, 15) is 4.79 Å². The van der Waals surface area contributed by atoms with Gasteiger partial charge in [-0.05, 0) is 49.9 Å². The molecule has 0 aromatic heterocycles. The summed E-state index contributed by atoms with van der Waals surface area (Å²) in [6.07, 6.45) is 2.63. The van der Waals surface area contributed by atoms with Crippen LogP contribution in [0.25, 0.3) is 0 Å². The van der Waals surface area contributed by atoms with Gasteiger partial charge in [-0.25, -0.2) is 0 Å². The zero-order chi connectivity index (χ0) is 14.8. The first kappa shape index (κ1) is 13.9. The molecule has 0 spiro atoms. The molecule has 0 amide bonds. The van der Waals surface area contributed by atoms with Crippen LogP contribution >= 0.6 is 0 Å². The molecule has 2 aromatic carbocycles. The number of fused-ring (bicyclic) bond motifs is 1. The number of Topliss-reactive ketones (excluding diaryl/α,β-unsaturated/α-hetero) is 1. The van der Waals surface area contributed by atoms with Gasteiger partial charge in [-0.1, -0.05) is 35.4 Å². The number of aryl methyl sites for hydroxylation is 3. The second-order valence-corrected chi connectivity index (χ2v) is 5.88. The molecule has 0 N–H and O–H groups in total. The number of hydrogen-bond donors (Lipinski definition) is 0. The lowest BCUT2D eigenvalue weighted by Gasteiger charge is -2.16. The molecule has 2 heteroatoms. The maximum absolute atomic E-state index is 11.9. The molecule has 0 unspecified atom stereocenters. The number of benzene rings is 2. The summed E-state index contributed by atoms with van der Waals surface area (Å²) in [5.74, 6) is 1.02. The second-order valence-electron chi connectivity index (χ2n) is 5.88. The first-order valence-electron chi connectivity index (χ1n) is 7.48. The van der Waals surface area contributed by atoms with Crippen molar-refractivity contribution in [1.82, 2.24) is 0 Å². The van der Waals surface area contributed by atoms with Crippen LogP contribution in [0.1, 0.15) is 45.5 Å². The number of ether oxygens (including phenoxy) is 1. The van der Waals surface area contributed by atoms with Crippen LogP contribution in [0.4, 0.5) is 0 Å². The average Bonchev–Trinajstić information content (AvgIpc) is 2.45. The van der Waals surface area contributed by atoms with Crippen molar-refractivity contribution in [2.75, 3.05) is 0 Å². The minimum atomic E-state index is 0.244. The van der Waals surface area contributed by atoms with Crippen LogP contribution in [0.3, 0.4) is 0 Å². The third-order valence-electron chi connectivity index (χ3n) is 3.92. The highest BCUT2D eigenvalue weighted by Gasteiger charge is 2.17. The van der Waals surface area contributed by atoms with Gasteiger partial charge in [0.25, 0.3) is 0 Å².